The Balaban J connectivity index is 1.95. The Labute approximate surface area is 90.7 Å². The molecule has 16 heavy (non-hydrogen) atoms. The topological polar surface area (TPSA) is 107 Å². The number of nitrogen functional groups attached to an aromatic ring is 1. The summed E-state index contributed by atoms with van der Waals surface area (Å²) in [5.74, 6) is 0.0913. The van der Waals surface area contributed by atoms with Crippen LogP contribution in [0.2, 0.25) is 0 Å². The molecule has 0 aliphatic rings. The number of carbonyl (C=O) groups excluding carboxylic acids is 1. The van der Waals surface area contributed by atoms with E-state index in [1.807, 2.05) is 0 Å². The van der Waals surface area contributed by atoms with Crippen LogP contribution in [-0.4, -0.2) is 21.0 Å². The van der Waals surface area contributed by atoms with E-state index in [0.717, 1.165) is 0 Å². The number of aromatic nitrogens is 3. The fourth-order valence-corrected chi connectivity index (χ4v) is 1.06. The van der Waals surface area contributed by atoms with E-state index in [2.05, 4.69) is 25.0 Å². The molecule has 7 heteroatoms. The van der Waals surface area contributed by atoms with E-state index in [9.17, 15) is 4.79 Å². The molecule has 1 amide bonds. The van der Waals surface area contributed by atoms with Crippen molar-refractivity contribution in [2.24, 2.45) is 0 Å². The van der Waals surface area contributed by atoms with E-state index in [0.29, 0.717) is 11.5 Å². The van der Waals surface area contributed by atoms with Crippen LogP contribution in [0, 0.1) is 0 Å². The predicted molar refractivity (Wildman–Crippen MR) is 54.1 cm³/mol. The normalized spacial score (nSPS) is 10.0. The summed E-state index contributed by atoms with van der Waals surface area (Å²) in [5, 5.41) is 6.15. The van der Waals surface area contributed by atoms with Gasteiger partial charge in [-0.05, 0) is 12.1 Å². The van der Waals surface area contributed by atoms with Crippen molar-refractivity contribution in [3.05, 3.63) is 36.2 Å². The summed E-state index contributed by atoms with van der Waals surface area (Å²) in [4.78, 5) is 19.2. The number of anilines is 1. The van der Waals surface area contributed by atoms with E-state index >= 15 is 0 Å². The fraction of sp³-hybridized carbons (Fsp3) is 0.111. The molecule has 7 nitrogen and oxygen atoms in total. The summed E-state index contributed by atoms with van der Waals surface area (Å²) in [6, 6.07) is 3.15. The number of amides is 1. The van der Waals surface area contributed by atoms with Crippen molar-refractivity contribution in [1.82, 2.24) is 20.4 Å². The Bertz CT molecular complexity index is 465. The summed E-state index contributed by atoms with van der Waals surface area (Å²) < 4.78 is 4.52. The second-order valence-electron chi connectivity index (χ2n) is 3.01. The van der Waals surface area contributed by atoms with Crippen molar-refractivity contribution in [3.8, 4) is 0 Å². The minimum absolute atomic E-state index is 0.196. The lowest BCUT2D eigenvalue weighted by molar-refractivity contribution is 0.0944. The lowest BCUT2D eigenvalue weighted by Crippen LogP contribution is -2.24. The highest BCUT2D eigenvalue weighted by Crippen LogP contribution is 2.01. The smallest absolute Gasteiger partial charge is 0.270 e. The molecule has 0 aliphatic heterocycles. The van der Waals surface area contributed by atoms with E-state index in [1.165, 1.54) is 12.6 Å². The summed E-state index contributed by atoms with van der Waals surface area (Å²) in [6.45, 7) is 0.196. The van der Waals surface area contributed by atoms with Crippen molar-refractivity contribution in [2.45, 2.75) is 6.54 Å². The molecular weight excluding hydrogens is 210 g/mol. The monoisotopic (exact) mass is 219 g/mol. The third-order valence-electron chi connectivity index (χ3n) is 1.83. The number of hydrogen-bond acceptors (Lipinski definition) is 6. The van der Waals surface area contributed by atoms with Gasteiger partial charge in [0, 0.05) is 0 Å². The Hall–Kier alpha value is -2.44. The van der Waals surface area contributed by atoms with Gasteiger partial charge in [0.15, 0.2) is 5.82 Å². The minimum Gasteiger partial charge on any atom is -0.397 e. The van der Waals surface area contributed by atoms with Gasteiger partial charge < -0.3 is 15.6 Å². The Kier molecular flexibility index (Phi) is 2.77. The van der Waals surface area contributed by atoms with Crippen LogP contribution in [0.3, 0.4) is 0 Å². The van der Waals surface area contributed by atoms with Crippen molar-refractivity contribution in [3.63, 3.8) is 0 Å². The maximum Gasteiger partial charge on any atom is 0.270 e. The first-order valence-electron chi connectivity index (χ1n) is 4.50. The average Bonchev–Trinajstić information content (AvgIpc) is 2.80. The van der Waals surface area contributed by atoms with E-state index in [4.69, 9.17) is 5.73 Å². The predicted octanol–water partition coefficient (Wildman–Crippen LogP) is -0.0232. The second kappa shape index (κ2) is 4.39. The van der Waals surface area contributed by atoms with Crippen LogP contribution >= 0.6 is 0 Å². The first-order valence-corrected chi connectivity index (χ1v) is 4.50. The zero-order chi connectivity index (χ0) is 11.4. The molecule has 0 aromatic carbocycles. The van der Waals surface area contributed by atoms with Gasteiger partial charge in [-0.25, -0.2) is 4.98 Å². The van der Waals surface area contributed by atoms with Gasteiger partial charge >= 0.3 is 0 Å². The Morgan fingerprint density at radius 1 is 1.44 bits per heavy atom. The lowest BCUT2D eigenvalue weighted by Gasteiger charge is -2.01. The summed E-state index contributed by atoms with van der Waals surface area (Å²) in [6.07, 6.45) is 2.62. The maximum atomic E-state index is 11.6. The molecule has 2 rings (SSSR count). The Morgan fingerprint density at radius 2 is 2.31 bits per heavy atom. The standard InChI is InChI=1S/C9H9N5O2/c10-6-1-2-7(11-3-6)9(15)12-4-8-13-5-16-14-8/h1-3,5H,4,10H2,(H,12,15). The largest absolute Gasteiger partial charge is 0.397 e. The number of pyridine rings is 1. The summed E-state index contributed by atoms with van der Waals surface area (Å²) >= 11 is 0. The van der Waals surface area contributed by atoms with Crippen LogP contribution in [-0.2, 0) is 6.54 Å². The molecule has 2 heterocycles. The van der Waals surface area contributed by atoms with Crippen molar-refractivity contribution < 1.29 is 9.32 Å². The number of nitrogens with zero attached hydrogens (tertiary/aromatic N) is 3. The van der Waals surface area contributed by atoms with E-state index in [1.54, 1.807) is 12.1 Å². The molecule has 3 N–H and O–H groups in total. The third kappa shape index (κ3) is 2.32. The third-order valence-corrected chi connectivity index (χ3v) is 1.83. The average molecular weight is 219 g/mol. The molecule has 0 bridgehead atoms. The molecule has 0 fully saturated rings. The molecule has 2 aromatic rings. The van der Waals surface area contributed by atoms with Gasteiger partial charge in [0.1, 0.15) is 5.69 Å². The van der Waals surface area contributed by atoms with Crippen LogP contribution in [0.15, 0.2) is 29.2 Å². The molecule has 0 radical (unpaired) electrons. The second-order valence-corrected chi connectivity index (χ2v) is 3.01. The van der Waals surface area contributed by atoms with Gasteiger partial charge in [0.05, 0.1) is 18.4 Å². The Morgan fingerprint density at radius 3 is 2.94 bits per heavy atom. The van der Waals surface area contributed by atoms with Crippen LogP contribution < -0.4 is 11.1 Å². The number of rotatable bonds is 3. The van der Waals surface area contributed by atoms with Gasteiger partial charge in [-0.1, -0.05) is 5.16 Å². The maximum absolute atomic E-state index is 11.6. The lowest BCUT2D eigenvalue weighted by atomic mass is 10.3. The van der Waals surface area contributed by atoms with Crippen LogP contribution in [0.5, 0.6) is 0 Å². The van der Waals surface area contributed by atoms with E-state index in [-0.39, 0.29) is 18.1 Å². The number of nitrogens with two attached hydrogens (primary N) is 1. The first-order chi connectivity index (χ1) is 7.75. The quantitative estimate of drug-likeness (QED) is 0.751. The summed E-state index contributed by atoms with van der Waals surface area (Å²) in [7, 11) is 0. The highest BCUT2D eigenvalue weighted by Gasteiger charge is 2.07. The van der Waals surface area contributed by atoms with Crippen LogP contribution in [0.1, 0.15) is 16.3 Å². The molecule has 2 aromatic heterocycles. The molecule has 0 spiro atoms. The SMILES string of the molecule is Nc1ccc(C(=O)NCc2ncon2)nc1. The number of hydrogen-bond donors (Lipinski definition) is 2. The molecule has 0 unspecified atom stereocenters. The minimum atomic E-state index is -0.315. The molecule has 0 aliphatic carbocycles. The zero-order valence-corrected chi connectivity index (χ0v) is 8.25. The van der Waals surface area contributed by atoms with E-state index < -0.39 is 0 Å². The van der Waals surface area contributed by atoms with Crippen LogP contribution in [0.25, 0.3) is 0 Å². The zero-order valence-electron chi connectivity index (χ0n) is 8.25. The highest BCUT2D eigenvalue weighted by molar-refractivity contribution is 5.92. The van der Waals surface area contributed by atoms with Gasteiger partial charge in [-0.3, -0.25) is 4.79 Å². The first kappa shape index (κ1) is 10.1. The molecular formula is C9H9N5O2. The van der Waals surface area contributed by atoms with Gasteiger partial charge in [0.2, 0.25) is 6.39 Å². The molecule has 0 saturated heterocycles. The van der Waals surface area contributed by atoms with Crippen molar-refractivity contribution in [1.29, 1.82) is 0 Å². The number of carbonyl (C=O) groups is 1. The van der Waals surface area contributed by atoms with Gasteiger partial charge in [0.25, 0.3) is 5.91 Å². The molecule has 0 saturated carbocycles. The molecule has 0 atom stereocenters. The van der Waals surface area contributed by atoms with Gasteiger partial charge in [-0.15, -0.1) is 0 Å². The number of nitrogens with one attached hydrogen (secondary N) is 1. The van der Waals surface area contributed by atoms with Crippen molar-refractivity contribution >= 4 is 11.6 Å². The van der Waals surface area contributed by atoms with Gasteiger partial charge in [-0.2, -0.15) is 4.98 Å². The van der Waals surface area contributed by atoms with Crippen LogP contribution in [0.4, 0.5) is 5.69 Å². The summed E-state index contributed by atoms with van der Waals surface area (Å²) in [5.41, 5.74) is 6.25. The molecule has 82 valence electrons. The van der Waals surface area contributed by atoms with Crippen molar-refractivity contribution in [2.75, 3.05) is 5.73 Å². The highest BCUT2D eigenvalue weighted by atomic mass is 16.5. The fourth-order valence-electron chi connectivity index (χ4n) is 1.06.